The number of nitrogens with zero attached hydrogens (tertiary/aromatic N) is 1. The molecule has 1 amide bonds. The van der Waals surface area contributed by atoms with Gasteiger partial charge >= 0.3 is 0 Å². The quantitative estimate of drug-likeness (QED) is 0.713. The molecular weight excluding hydrogens is 340 g/mol. The maximum absolute atomic E-state index is 11.9. The van der Waals surface area contributed by atoms with E-state index in [0.717, 1.165) is 54.6 Å². The Morgan fingerprint density at radius 3 is 3.00 bits per heavy atom. The van der Waals surface area contributed by atoms with Gasteiger partial charge in [0.05, 0.1) is 6.10 Å². The fraction of sp³-hybridized carbons (Fsp3) is 0.611. The SMILES string of the molecule is O=C(CCSc1ccc2c(c1)OCCO2)NCCN1CCC[C@@H](O)C1. The number of aliphatic hydroxyl groups excluding tert-OH is 1. The molecule has 0 spiro atoms. The van der Waals surface area contributed by atoms with Crippen molar-refractivity contribution in [2.45, 2.75) is 30.3 Å². The first-order valence-corrected chi connectivity index (χ1v) is 9.89. The van der Waals surface area contributed by atoms with E-state index in [0.29, 0.717) is 26.2 Å². The minimum Gasteiger partial charge on any atom is -0.486 e. The molecule has 0 aromatic heterocycles. The second-order valence-corrected chi connectivity index (χ2v) is 7.52. The van der Waals surface area contributed by atoms with E-state index < -0.39 is 0 Å². The smallest absolute Gasteiger partial charge is 0.220 e. The minimum atomic E-state index is -0.216. The third-order valence-corrected chi connectivity index (χ3v) is 5.34. The van der Waals surface area contributed by atoms with Crippen LogP contribution in [-0.4, -0.2) is 67.2 Å². The summed E-state index contributed by atoms with van der Waals surface area (Å²) in [6, 6.07) is 5.89. The van der Waals surface area contributed by atoms with E-state index in [1.807, 2.05) is 18.2 Å². The molecule has 7 heteroatoms. The van der Waals surface area contributed by atoms with Crippen LogP contribution in [0.4, 0.5) is 0 Å². The Bertz CT molecular complexity index is 584. The first-order chi connectivity index (χ1) is 12.2. The summed E-state index contributed by atoms with van der Waals surface area (Å²) in [5, 5.41) is 12.6. The highest BCUT2D eigenvalue weighted by atomic mass is 32.2. The van der Waals surface area contributed by atoms with Gasteiger partial charge in [-0.05, 0) is 37.6 Å². The molecule has 2 N–H and O–H groups in total. The van der Waals surface area contributed by atoms with Crippen LogP contribution in [-0.2, 0) is 4.79 Å². The number of piperidine rings is 1. The first kappa shape index (κ1) is 18.4. The number of β-amino-alcohol motifs (C(OH)–C–C–N with tert-alkyl or cyclic N) is 1. The summed E-state index contributed by atoms with van der Waals surface area (Å²) in [5.74, 6) is 2.37. The standard InChI is InChI=1S/C18H26N2O4S/c21-14-2-1-7-20(13-14)8-6-19-18(22)5-11-25-15-3-4-16-17(12-15)24-10-9-23-16/h3-4,12,14,21H,1-2,5-11,13H2,(H,19,22)/t14-/m1/s1. The van der Waals surface area contributed by atoms with Gasteiger partial charge in [-0.25, -0.2) is 0 Å². The molecule has 0 saturated carbocycles. The summed E-state index contributed by atoms with van der Waals surface area (Å²) < 4.78 is 11.1. The van der Waals surface area contributed by atoms with Crippen LogP contribution in [0.5, 0.6) is 11.5 Å². The number of thioether (sulfide) groups is 1. The lowest BCUT2D eigenvalue weighted by molar-refractivity contribution is -0.120. The van der Waals surface area contributed by atoms with Crippen LogP contribution in [0.1, 0.15) is 19.3 Å². The Hall–Kier alpha value is -1.44. The zero-order valence-corrected chi connectivity index (χ0v) is 15.2. The molecule has 1 aromatic carbocycles. The first-order valence-electron chi connectivity index (χ1n) is 8.90. The fourth-order valence-electron chi connectivity index (χ4n) is 3.05. The van der Waals surface area contributed by atoms with Gasteiger partial charge in [-0.1, -0.05) is 0 Å². The van der Waals surface area contributed by atoms with Crippen LogP contribution < -0.4 is 14.8 Å². The Morgan fingerprint density at radius 1 is 1.32 bits per heavy atom. The van der Waals surface area contributed by atoms with E-state index in [9.17, 15) is 9.90 Å². The predicted molar refractivity (Wildman–Crippen MR) is 97.5 cm³/mol. The molecule has 25 heavy (non-hydrogen) atoms. The van der Waals surface area contributed by atoms with Crippen LogP contribution in [0.25, 0.3) is 0 Å². The second-order valence-electron chi connectivity index (χ2n) is 6.35. The van der Waals surface area contributed by atoms with Crippen molar-refractivity contribution in [2.75, 3.05) is 45.1 Å². The summed E-state index contributed by atoms with van der Waals surface area (Å²) in [6.45, 7) is 4.34. The van der Waals surface area contributed by atoms with Crippen molar-refractivity contribution in [2.24, 2.45) is 0 Å². The number of hydrogen-bond donors (Lipinski definition) is 2. The largest absolute Gasteiger partial charge is 0.486 e. The molecule has 1 aromatic rings. The Balaban J connectivity index is 1.31. The summed E-state index contributed by atoms with van der Waals surface area (Å²) in [6.07, 6.45) is 2.19. The van der Waals surface area contributed by atoms with E-state index in [2.05, 4.69) is 10.2 Å². The van der Waals surface area contributed by atoms with Crippen molar-refractivity contribution in [1.82, 2.24) is 10.2 Å². The molecule has 1 atom stereocenters. The molecule has 0 radical (unpaired) electrons. The number of carbonyl (C=O) groups excluding carboxylic acids is 1. The van der Waals surface area contributed by atoms with E-state index in [1.165, 1.54) is 0 Å². The van der Waals surface area contributed by atoms with Crippen LogP contribution in [0.2, 0.25) is 0 Å². The molecule has 138 valence electrons. The number of ether oxygens (including phenoxy) is 2. The van der Waals surface area contributed by atoms with Gasteiger partial charge in [-0.2, -0.15) is 0 Å². The van der Waals surface area contributed by atoms with Gasteiger partial charge in [0.25, 0.3) is 0 Å². The summed E-state index contributed by atoms with van der Waals surface area (Å²) in [4.78, 5) is 15.2. The molecule has 2 aliphatic rings. The number of rotatable bonds is 7. The summed E-state index contributed by atoms with van der Waals surface area (Å²) in [5.41, 5.74) is 0. The number of likely N-dealkylation sites (tertiary alicyclic amines) is 1. The highest BCUT2D eigenvalue weighted by molar-refractivity contribution is 7.99. The van der Waals surface area contributed by atoms with Gasteiger partial charge in [0.2, 0.25) is 5.91 Å². The molecule has 1 saturated heterocycles. The zero-order chi connectivity index (χ0) is 17.5. The van der Waals surface area contributed by atoms with Crippen LogP contribution in [0.15, 0.2) is 23.1 Å². The maximum Gasteiger partial charge on any atom is 0.220 e. The number of fused-ring (bicyclic) bond motifs is 1. The highest BCUT2D eigenvalue weighted by Crippen LogP contribution is 2.34. The minimum absolute atomic E-state index is 0.0719. The maximum atomic E-state index is 11.9. The van der Waals surface area contributed by atoms with Gasteiger partial charge < -0.3 is 19.9 Å². The molecule has 1 fully saturated rings. The van der Waals surface area contributed by atoms with E-state index >= 15 is 0 Å². The molecule has 2 heterocycles. The van der Waals surface area contributed by atoms with E-state index in [-0.39, 0.29) is 12.0 Å². The second kappa shape index (κ2) is 9.31. The van der Waals surface area contributed by atoms with Crippen LogP contribution in [0, 0.1) is 0 Å². The number of hydrogen-bond acceptors (Lipinski definition) is 6. The van der Waals surface area contributed by atoms with Crippen LogP contribution in [0.3, 0.4) is 0 Å². The third kappa shape index (κ3) is 5.80. The number of carbonyl (C=O) groups is 1. The fourth-order valence-corrected chi connectivity index (χ4v) is 3.93. The third-order valence-electron chi connectivity index (χ3n) is 4.34. The van der Waals surface area contributed by atoms with Gasteiger partial charge in [0.15, 0.2) is 11.5 Å². The Morgan fingerprint density at radius 2 is 2.16 bits per heavy atom. The van der Waals surface area contributed by atoms with Gasteiger partial charge in [-0.15, -0.1) is 11.8 Å². The lowest BCUT2D eigenvalue weighted by Gasteiger charge is -2.29. The van der Waals surface area contributed by atoms with E-state index in [1.54, 1.807) is 11.8 Å². The van der Waals surface area contributed by atoms with Crippen molar-refractivity contribution in [3.05, 3.63) is 18.2 Å². The van der Waals surface area contributed by atoms with Gasteiger partial charge in [0.1, 0.15) is 13.2 Å². The van der Waals surface area contributed by atoms with Gasteiger partial charge in [-0.3, -0.25) is 9.69 Å². The predicted octanol–water partition coefficient (Wildman–Crippen LogP) is 1.51. The van der Waals surface area contributed by atoms with Crippen molar-refractivity contribution >= 4 is 17.7 Å². The van der Waals surface area contributed by atoms with E-state index in [4.69, 9.17) is 9.47 Å². The topological polar surface area (TPSA) is 71.0 Å². The number of amides is 1. The van der Waals surface area contributed by atoms with Crippen molar-refractivity contribution in [1.29, 1.82) is 0 Å². The van der Waals surface area contributed by atoms with Crippen molar-refractivity contribution in [3.63, 3.8) is 0 Å². The molecule has 0 unspecified atom stereocenters. The monoisotopic (exact) mass is 366 g/mol. The average molecular weight is 366 g/mol. The lowest BCUT2D eigenvalue weighted by atomic mass is 10.1. The van der Waals surface area contributed by atoms with Crippen molar-refractivity contribution < 1.29 is 19.4 Å². The number of nitrogens with one attached hydrogen (secondary N) is 1. The zero-order valence-electron chi connectivity index (χ0n) is 14.4. The molecule has 2 aliphatic heterocycles. The lowest BCUT2D eigenvalue weighted by Crippen LogP contribution is -2.42. The molecule has 0 bridgehead atoms. The Labute approximate surface area is 152 Å². The van der Waals surface area contributed by atoms with Gasteiger partial charge in [0, 0.05) is 36.7 Å². The molecule has 0 aliphatic carbocycles. The molecule has 3 rings (SSSR count). The average Bonchev–Trinajstić information content (AvgIpc) is 2.62. The molecular formula is C18H26N2O4S. The normalized spacial score (nSPS) is 20.3. The number of benzene rings is 1. The Kier molecular flexibility index (Phi) is 6.84. The summed E-state index contributed by atoms with van der Waals surface area (Å²) >= 11 is 1.64. The number of aliphatic hydroxyl groups is 1. The van der Waals surface area contributed by atoms with Crippen molar-refractivity contribution in [3.8, 4) is 11.5 Å². The molecule has 6 nitrogen and oxygen atoms in total. The highest BCUT2D eigenvalue weighted by Gasteiger charge is 2.17. The summed E-state index contributed by atoms with van der Waals surface area (Å²) in [7, 11) is 0. The van der Waals surface area contributed by atoms with Crippen LogP contribution >= 0.6 is 11.8 Å².